The number of benzene rings is 1. The van der Waals surface area contributed by atoms with Gasteiger partial charge in [-0.3, -0.25) is 9.78 Å². The first-order chi connectivity index (χ1) is 12.6. The Bertz CT molecular complexity index is 945. The van der Waals surface area contributed by atoms with Gasteiger partial charge in [0.15, 0.2) is 5.69 Å². The zero-order valence-electron chi connectivity index (χ0n) is 14.9. The quantitative estimate of drug-likeness (QED) is 0.753. The minimum atomic E-state index is -0.173. The van der Waals surface area contributed by atoms with Crippen LogP contribution in [0.2, 0.25) is 0 Å². The number of nitrogens with zero attached hydrogens (tertiary/aromatic N) is 4. The topological polar surface area (TPSA) is 84.7 Å². The standard InChI is InChI=1S/C19H22N6O/c1-12-8-10-20-11-16(12)22-19(26)18-13(2)25(24-23-18)17-7-3-6-15-14(17)5-4-9-21-15/h3-7,9,12,16,20H,8,10-11H2,1-2H3,(H,22,26). The largest absolute Gasteiger partial charge is 0.346 e. The van der Waals surface area contributed by atoms with Gasteiger partial charge >= 0.3 is 0 Å². The van der Waals surface area contributed by atoms with Crippen LogP contribution in [0.15, 0.2) is 36.5 Å². The predicted molar refractivity (Wildman–Crippen MR) is 99.3 cm³/mol. The number of hydrogen-bond donors (Lipinski definition) is 2. The van der Waals surface area contributed by atoms with E-state index in [0.29, 0.717) is 11.6 Å². The Morgan fingerprint density at radius 2 is 2.19 bits per heavy atom. The van der Waals surface area contributed by atoms with E-state index in [-0.39, 0.29) is 11.9 Å². The molecule has 0 saturated carbocycles. The van der Waals surface area contributed by atoms with Gasteiger partial charge in [-0.25, -0.2) is 4.68 Å². The number of aromatic nitrogens is 4. The maximum atomic E-state index is 12.7. The molecule has 0 radical (unpaired) electrons. The highest BCUT2D eigenvalue weighted by Gasteiger charge is 2.26. The van der Waals surface area contributed by atoms with Crippen molar-refractivity contribution in [1.29, 1.82) is 0 Å². The Morgan fingerprint density at radius 1 is 1.31 bits per heavy atom. The molecule has 3 aromatic rings. The lowest BCUT2D eigenvalue weighted by atomic mass is 9.95. The van der Waals surface area contributed by atoms with Crippen LogP contribution in [-0.2, 0) is 0 Å². The van der Waals surface area contributed by atoms with E-state index in [4.69, 9.17) is 0 Å². The normalized spacial score (nSPS) is 20.2. The van der Waals surface area contributed by atoms with E-state index in [0.717, 1.165) is 41.8 Å². The van der Waals surface area contributed by atoms with Crippen LogP contribution in [0.1, 0.15) is 29.5 Å². The minimum absolute atomic E-state index is 0.113. The summed E-state index contributed by atoms with van der Waals surface area (Å²) in [4.78, 5) is 17.1. The predicted octanol–water partition coefficient (Wildman–Crippen LogP) is 1.85. The van der Waals surface area contributed by atoms with Gasteiger partial charge < -0.3 is 10.6 Å². The molecule has 7 heteroatoms. The molecule has 3 heterocycles. The molecule has 1 amide bonds. The lowest BCUT2D eigenvalue weighted by molar-refractivity contribution is 0.0909. The molecule has 7 nitrogen and oxygen atoms in total. The van der Waals surface area contributed by atoms with E-state index >= 15 is 0 Å². The number of rotatable bonds is 3. The third-order valence-electron chi connectivity index (χ3n) is 5.10. The first kappa shape index (κ1) is 16.7. The van der Waals surface area contributed by atoms with E-state index in [1.807, 2.05) is 37.3 Å². The van der Waals surface area contributed by atoms with Crippen LogP contribution >= 0.6 is 0 Å². The van der Waals surface area contributed by atoms with Crippen molar-refractivity contribution in [1.82, 2.24) is 30.6 Å². The van der Waals surface area contributed by atoms with Crippen LogP contribution < -0.4 is 10.6 Å². The number of carbonyl (C=O) groups excluding carboxylic acids is 1. The second kappa shape index (κ2) is 6.84. The fourth-order valence-electron chi connectivity index (χ4n) is 3.46. The van der Waals surface area contributed by atoms with Crippen LogP contribution in [0, 0.1) is 12.8 Å². The van der Waals surface area contributed by atoms with Crippen molar-refractivity contribution in [2.24, 2.45) is 5.92 Å². The Labute approximate surface area is 151 Å². The summed E-state index contributed by atoms with van der Waals surface area (Å²) < 4.78 is 1.71. The van der Waals surface area contributed by atoms with Crippen LogP contribution in [0.3, 0.4) is 0 Å². The van der Waals surface area contributed by atoms with Crippen LogP contribution in [-0.4, -0.2) is 45.0 Å². The highest BCUT2D eigenvalue weighted by molar-refractivity contribution is 5.94. The second-order valence-electron chi connectivity index (χ2n) is 6.83. The minimum Gasteiger partial charge on any atom is -0.346 e. The summed E-state index contributed by atoms with van der Waals surface area (Å²) in [6, 6.07) is 9.84. The van der Waals surface area contributed by atoms with Crippen molar-refractivity contribution >= 4 is 16.8 Å². The van der Waals surface area contributed by atoms with Gasteiger partial charge in [-0.1, -0.05) is 18.2 Å². The molecule has 1 aliphatic heterocycles. The Kier molecular flexibility index (Phi) is 4.38. The van der Waals surface area contributed by atoms with Gasteiger partial charge in [0.25, 0.3) is 5.91 Å². The maximum absolute atomic E-state index is 12.7. The summed E-state index contributed by atoms with van der Waals surface area (Å²) in [7, 11) is 0. The zero-order valence-corrected chi connectivity index (χ0v) is 14.9. The van der Waals surface area contributed by atoms with Crippen molar-refractivity contribution in [3.05, 3.63) is 47.9 Å². The number of nitrogens with one attached hydrogen (secondary N) is 2. The van der Waals surface area contributed by atoms with E-state index < -0.39 is 0 Å². The number of amides is 1. The van der Waals surface area contributed by atoms with Crippen molar-refractivity contribution in [3.8, 4) is 5.69 Å². The van der Waals surface area contributed by atoms with Gasteiger partial charge in [0, 0.05) is 24.2 Å². The fraction of sp³-hybridized carbons (Fsp3) is 0.368. The van der Waals surface area contributed by atoms with Crippen molar-refractivity contribution < 1.29 is 4.79 Å². The van der Waals surface area contributed by atoms with Crippen LogP contribution in [0.25, 0.3) is 16.6 Å². The van der Waals surface area contributed by atoms with Gasteiger partial charge in [-0.05, 0) is 50.1 Å². The van der Waals surface area contributed by atoms with Gasteiger partial charge in [0.2, 0.25) is 0 Å². The third kappa shape index (κ3) is 2.94. The average Bonchev–Trinajstić information content (AvgIpc) is 3.04. The summed E-state index contributed by atoms with van der Waals surface area (Å²) >= 11 is 0. The second-order valence-corrected chi connectivity index (χ2v) is 6.83. The first-order valence-electron chi connectivity index (χ1n) is 8.93. The molecule has 2 N–H and O–H groups in total. The zero-order chi connectivity index (χ0) is 18.1. The fourth-order valence-corrected chi connectivity index (χ4v) is 3.46. The van der Waals surface area contributed by atoms with E-state index in [2.05, 4.69) is 32.9 Å². The summed E-state index contributed by atoms with van der Waals surface area (Å²) in [5.74, 6) is 0.271. The number of piperidine rings is 1. The average molecular weight is 350 g/mol. The van der Waals surface area contributed by atoms with Gasteiger partial charge in [-0.15, -0.1) is 5.10 Å². The summed E-state index contributed by atoms with van der Waals surface area (Å²) in [5.41, 5.74) is 2.83. The molecule has 0 bridgehead atoms. The number of carbonyl (C=O) groups is 1. The molecule has 26 heavy (non-hydrogen) atoms. The first-order valence-corrected chi connectivity index (χ1v) is 8.93. The summed E-state index contributed by atoms with van der Waals surface area (Å²) in [6.45, 7) is 5.82. The van der Waals surface area contributed by atoms with Crippen molar-refractivity contribution in [2.45, 2.75) is 26.3 Å². The Balaban J connectivity index is 1.65. The molecule has 4 rings (SSSR count). The molecular formula is C19H22N6O. The monoisotopic (exact) mass is 350 g/mol. The highest BCUT2D eigenvalue weighted by Crippen LogP contribution is 2.22. The third-order valence-corrected chi connectivity index (χ3v) is 5.10. The molecule has 2 atom stereocenters. The Hall–Kier alpha value is -2.80. The van der Waals surface area contributed by atoms with Gasteiger partial charge in [0.1, 0.15) is 0 Å². The SMILES string of the molecule is Cc1c(C(=O)NC2CNCCC2C)nnn1-c1cccc2ncccc12. The molecule has 1 aliphatic rings. The van der Waals surface area contributed by atoms with E-state index in [1.54, 1.807) is 10.9 Å². The van der Waals surface area contributed by atoms with E-state index in [1.165, 1.54) is 0 Å². The Morgan fingerprint density at radius 3 is 3.04 bits per heavy atom. The summed E-state index contributed by atoms with van der Waals surface area (Å²) in [5, 5.41) is 15.8. The molecule has 1 saturated heterocycles. The lowest BCUT2D eigenvalue weighted by Gasteiger charge is -2.29. The number of hydrogen-bond acceptors (Lipinski definition) is 5. The molecule has 2 unspecified atom stereocenters. The molecular weight excluding hydrogens is 328 g/mol. The van der Waals surface area contributed by atoms with Crippen molar-refractivity contribution in [3.63, 3.8) is 0 Å². The maximum Gasteiger partial charge on any atom is 0.274 e. The number of fused-ring (bicyclic) bond motifs is 1. The van der Waals surface area contributed by atoms with E-state index in [9.17, 15) is 4.79 Å². The molecule has 2 aromatic heterocycles. The molecule has 0 aliphatic carbocycles. The highest BCUT2D eigenvalue weighted by atomic mass is 16.2. The molecule has 134 valence electrons. The summed E-state index contributed by atoms with van der Waals surface area (Å²) in [6.07, 6.45) is 2.82. The van der Waals surface area contributed by atoms with Gasteiger partial charge in [0.05, 0.1) is 16.9 Å². The van der Waals surface area contributed by atoms with Gasteiger partial charge in [-0.2, -0.15) is 0 Å². The molecule has 1 aromatic carbocycles. The lowest BCUT2D eigenvalue weighted by Crippen LogP contribution is -2.50. The van der Waals surface area contributed by atoms with Crippen LogP contribution in [0.4, 0.5) is 0 Å². The van der Waals surface area contributed by atoms with Crippen molar-refractivity contribution in [2.75, 3.05) is 13.1 Å². The molecule has 1 fully saturated rings. The van der Waals surface area contributed by atoms with Crippen LogP contribution in [0.5, 0.6) is 0 Å². The smallest absolute Gasteiger partial charge is 0.274 e. The number of pyridine rings is 1. The molecule has 0 spiro atoms.